The molecule has 0 bridgehead atoms. The highest BCUT2D eigenvalue weighted by atomic mass is 32.2. The lowest BCUT2D eigenvalue weighted by atomic mass is 10.1. The molecule has 0 saturated heterocycles. The van der Waals surface area contributed by atoms with Crippen LogP contribution < -0.4 is 5.32 Å². The van der Waals surface area contributed by atoms with Crippen molar-refractivity contribution in [3.63, 3.8) is 0 Å². The summed E-state index contributed by atoms with van der Waals surface area (Å²) in [5, 5.41) is 2.22. The first-order valence-electron chi connectivity index (χ1n) is 8.21. The zero-order valence-electron chi connectivity index (χ0n) is 14.9. The van der Waals surface area contributed by atoms with Crippen molar-refractivity contribution in [2.45, 2.75) is 37.0 Å². The SMILES string of the molecule is CC(=O)c1cccc(NC(=O)[C@H](C)OC(=O)[C@@H](C)Sc2ccccc2)c1. The van der Waals surface area contributed by atoms with Gasteiger partial charge in [-0.2, -0.15) is 0 Å². The Labute approximate surface area is 157 Å². The molecule has 26 heavy (non-hydrogen) atoms. The minimum Gasteiger partial charge on any atom is -0.452 e. The summed E-state index contributed by atoms with van der Waals surface area (Å²) < 4.78 is 5.26. The summed E-state index contributed by atoms with van der Waals surface area (Å²) in [6.45, 7) is 4.71. The van der Waals surface area contributed by atoms with Crippen molar-refractivity contribution >= 4 is 35.1 Å². The van der Waals surface area contributed by atoms with Crippen LogP contribution in [0.25, 0.3) is 0 Å². The van der Waals surface area contributed by atoms with Gasteiger partial charge in [-0.25, -0.2) is 0 Å². The fraction of sp³-hybridized carbons (Fsp3) is 0.250. The molecule has 2 atom stereocenters. The number of Topliss-reactive ketones (excluding diaryl/α,β-unsaturated/α-hetero) is 1. The van der Waals surface area contributed by atoms with Crippen molar-refractivity contribution in [1.82, 2.24) is 0 Å². The van der Waals surface area contributed by atoms with Crippen LogP contribution in [0.1, 0.15) is 31.1 Å². The Balaban J connectivity index is 1.90. The third-order valence-electron chi connectivity index (χ3n) is 3.59. The summed E-state index contributed by atoms with van der Waals surface area (Å²) in [5.74, 6) is -0.998. The average Bonchev–Trinajstić information content (AvgIpc) is 2.62. The van der Waals surface area contributed by atoms with Gasteiger partial charge in [0.25, 0.3) is 5.91 Å². The molecule has 136 valence electrons. The number of benzene rings is 2. The van der Waals surface area contributed by atoms with E-state index >= 15 is 0 Å². The first-order chi connectivity index (χ1) is 12.4. The summed E-state index contributed by atoms with van der Waals surface area (Å²) >= 11 is 1.37. The molecule has 0 heterocycles. The molecule has 1 amide bonds. The summed E-state index contributed by atoms with van der Waals surface area (Å²) in [6.07, 6.45) is -0.942. The highest BCUT2D eigenvalue weighted by molar-refractivity contribution is 8.00. The van der Waals surface area contributed by atoms with Gasteiger partial charge in [0.15, 0.2) is 11.9 Å². The van der Waals surface area contributed by atoms with Crippen LogP contribution in [0.4, 0.5) is 5.69 Å². The van der Waals surface area contributed by atoms with E-state index < -0.39 is 23.2 Å². The van der Waals surface area contributed by atoms with Crippen molar-refractivity contribution in [2.24, 2.45) is 0 Å². The van der Waals surface area contributed by atoms with Crippen LogP contribution >= 0.6 is 11.8 Å². The molecule has 2 aromatic carbocycles. The van der Waals surface area contributed by atoms with Gasteiger partial charge < -0.3 is 10.1 Å². The Kier molecular flexibility index (Phi) is 6.97. The van der Waals surface area contributed by atoms with Gasteiger partial charge in [0, 0.05) is 16.1 Å². The van der Waals surface area contributed by atoms with Gasteiger partial charge in [-0.15, -0.1) is 11.8 Å². The molecule has 0 aromatic heterocycles. The minimum atomic E-state index is -0.942. The second-order valence-corrected chi connectivity index (χ2v) is 7.19. The van der Waals surface area contributed by atoms with E-state index in [-0.39, 0.29) is 5.78 Å². The molecule has 0 radical (unpaired) electrons. The number of nitrogens with one attached hydrogen (secondary N) is 1. The number of hydrogen-bond acceptors (Lipinski definition) is 5. The number of carbonyl (C=O) groups is 3. The number of rotatable bonds is 7. The van der Waals surface area contributed by atoms with Gasteiger partial charge in [0.1, 0.15) is 5.25 Å². The van der Waals surface area contributed by atoms with E-state index in [1.807, 2.05) is 30.3 Å². The standard InChI is InChI=1S/C20H21NO4S/c1-13(22)16-8-7-9-17(12-16)21-19(23)14(2)25-20(24)15(3)26-18-10-5-4-6-11-18/h4-12,14-15H,1-3H3,(H,21,23)/t14-,15+/m0/s1. The molecule has 2 rings (SSSR count). The number of hydrogen-bond donors (Lipinski definition) is 1. The van der Waals surface area contributed by atoms with Gasteiger partial charge in [-0.3, -0.25) is 14.4 Å². The molecule has 0 aliphatic rings. The van der Waals surface area contributed by atoms with E-state index in [0.29, 0.717) is 11.3 Å². The zero-order valence-corrected chi connectivity index (χ0v) is 15.7. The Bertz CT molecular complexity index is 791. The van der Waals surface area contributed by atoms with Gasteiger partial charge in [-0.1, -0.05) is 30.3 Å². The highest BCUT2D eigenvalue weighted by Gasteiger charge is 2.23. The average molecular weight is 371 g/mol. The summed E-state index contributed by atoms with van der Waals surface area (Å²) in [4.78, 5) is 36.8. The molecule has 0 aliphatic heterocycles. The van der Waals surface area contributed by atoms with E-state index in [2.05, 4.69) is 5.32 Å². The maximum atomic E-state index is 12.2. The Morgan fingerprint density at radius 2 is 1.69 bits per heavy atom. The summed E-state index contributed by atoms with van der Waals surface area (Å²) in [6, 6.07) is 16.1. The van der Waals surface area contributed by atoms with E-state index in [1.165, 1.54) is 25.6 Å². The van der Waals surface area contributed by atoms with Gasteiger partial charge >= 0.3 is 5.97 Å². The maximum Gasteiger partial charge on any atom is 0.319 e. The van der Waals surface area contributed by atoms with E-state index in [0.717, 1.165) is 4.90 Å². The molecule has 0 unspecified atom stereocenters. The molecule has 6 heteroatoms. The Morgan fingerprint density at radius 3 is 2.35 bits per heavy atom. The topological polar surface area (TPSA) is 72.5 Å². The molecule has 2 aromatic rings. The molecule has 0 aliphatic carbocycles. The number of ether oxygens (including phenoxy) is 1. The van der Waals surface area contributed by atoms with Crippen LogP contribution in [-0.4, -0.2) is 29.0 Å². The predicted octanol–water partition coefficient (Wildman–Crippen LogP) is 3.94. The molecular formula is C20H21NO4S. The quantitative estimate of drug-likeness (QED) is 0.453. The molecular weight excluding hydrogens is 350 g/mol. The van der Waals surface area contributed by atoms with Crippen LogP contribution in [0.2, 0.25) is 0 Å². The van der Waals surface area contributed by atoms with Crippen molar-refractivity contribution in [3.05, 3.63) is 60.2 Å². The molecule has 0 saturated carbocycles. The van der Waals surface area contributed by atoms with Crippen molar-refractivity contribution in [1.29, 1.82) is 0 Å². The fourth-order valence-electron chi connectivity index (χ4n) is 2.13. The number of amides is 1. The van der Waals surface area contributed by atoms with Gasteiger partial charge in [-0.05, 0) is 45.0 Å². The summed E-state index contributed by atoms with van der Waals surface area (Å²) in [5.41, 5.74) is 0.984. The van der Waals surface area contributed by atoms with Crippen LogP contribution in [0, 0.1) is 0 Å². The second kappa shape index (κ2) is 9.20. The van der Waals surface area contributed by atoms with Gasteiger partial charge in [0.2, 0.25) is 0 Å². The molecule has 0 fully saturated rings. The van der Waals surface area contributed by atoms with Crippen molar-refractivity contribution in [3.8, 4) is 0 Å². The summed E-state index contributed by atoms with van der Waals surface area (Å²) in [7, 11) is 0. The monoisotopic (exact) mass is 371 g/mol. The number of anilines is 1. The van der Waals surface area contributed by atoms with E-state index in [1.54, 1.807) is 31.2 Å². The second-order valence-electron chi connectivity index (χ2n) is 5.78. The number of ketones is 1. The number of esters is 1. The number of thioether (sulfide) groups is 1. The largest absolute Gasteiger partial charge is 0.452 e. The number of carbonyl (C=O) groups excluding carboxylic acids is 3. The van der Waals surface area contributed by atoms with Gasteiger partial charge in [0.05, 0.1) is 0 Å². The van der Waals surface area contributed by atoms with E-state index in [9.17, 15) is 14.4 Å². The first-order valence-corrected chi connectivity index (χ1v) is 9.09. The molecule has 1 N–H and O–H groups in total. The smallest absolute Gasteiger partial charge is 0.319 e. The minimum absolute atomic E-state index is 0.0904. The lowest BCUT2D eigenvalue weighted by Gasteiger charge is -2.16. The van der Waals surface area contributed by atoms with Crippen LogP contribution in [0.3, 0.4) is 0 Å². The molecule has 0 spiro atoms. The van der Waals surface area contributed by atoms with Crippen molar-refractivity contribution < 1.29 is 19.1 Å². The normalized spacial score (nSPS) is 12.7. The highest BCUT2D eigenvalue weighted by Crippen LogP contribution is 2.23. The molecule has 5 nitrogen and oxygen atoms in total. The fourth-order valence-corrected chi connectivity index (χ4v) is 3.01. The van der Waals surface area contributed by atoms with Crippen LogP contribution in [-0.2, 0) is 14.3 Å². The third-order valence-corrected chi connectivity index (χ3v) is 4.68. The van der Waals surface area contributed by atoms with E-state index in [4.69, 9.17) is 4.74 Å². The van der Waals surface area contributed by atoms with Crippen LogP contribution in [0.15, 0.2) is 59.5 Å². The zero-order chi connectivity index (χ0) is 19.1. The first kappa shape index (κ1) is 19.7. The Morgan fingerprint density at radius 1 is 1.00 bits per heavy atom. The van der Waals surface area contributed by atoms with Crippen LogP contribution in [0.5, 0.6) is 0 Å². The Hall–Kier alpha value is -2.60. The third kappa shape index (κ3) is 5.74. The van der Waals surface area contributed by atoms with Crippen molar-refractivity contribution in [2.75, 3.05) is 5.32 Å². The lowest BCUT2D eigenvalue weighted by Crippen LogP contribution is -2.32. The maximum absolute atomic E-state index is 12.2. The predicted molar refractivity (Wildman–Crippen MR) is 102 cm³/mol. The lowest BCUT2D eigenvalue weighted by molar-refractivity contribution is -0.152.